The molecule has 0 saturated heterocycles. The number of rotatable bonds is 3. The van der Waals surface area contributed by atoms with E-state index in [0.717, 1.165) is 18.9 Å². The fraction of sp³-hybridized carbons (Fsp3) is 0.368. The van der Waals surface area contributed by atoms with Crippen LogP contribution in [0.1, 0.15) is 37.4 Å². The van der Waals surface area contributed by atoms with Crippen molar-refractivity contribution in [1.82, 2.24) is 5.32 Å². The van der Waals surface area contributed by atoms with E-state index in [9.17, 15) is 0 Å². The van der Waals surface area contributed by atoms with Crippen LogP contribution < -0.4 is 5.32 Å². The lowest BCUT2D eigenvalue weighted by molar-refractivity contribution is 0.414. The lowest BCUT2D eigenvalue weighted by Crippen LogP contribution is -2.30. The van der Waals surface area contributed by atoms with Crippen LogP contribution >= 0.6 is 0 Å². The summed E-state index contributed by atoms with van der Waals surface area (Å²) in [5.41, 5.74) is 5.67. The Kier molecular flexibility index (Phi) is 3.88. The van der Waals surface area contributed by atoms with Gasteiger partial charge in [-0.2, -0.15) is 0 Å². The summed E-state index contributed by atoms with van der Waals surface area (Å²) in [6.07, 6.45) is 2.37. The zero-order chi connectivity index (χ0) is 13.9. The van der Waals surface area contributed by atoms with E-state index in [-0.39, 0.29) is 0 Å². The Hall–Kier alpha value is -1.60. The summed E-state index contributed by atoms with van der Waals surface area (Å²) < 4.78 is 0. The SMILES string of the molecule is CC(C)CC1NCCc2ccc(-c3ccccc3)cc21. The molecule has 0 aromatic heterocycles. The van der Waals surface area contributed by atoms with Gasteiger partial charge in [0.1, 0.15) is 0 Å². The Morgan fingerprint density at radius 3 is 2.60 bits per heavy atom. The van der Waals surface area contributed by atoms with Crippen LogP contribution in [0.3, 0.4) is 0 Å². The maximum absolute atomic E-state index is 3.69. The van der Waals surface area contributed by atoms with Gasteiger partial charge in [0.25, 0.3) is 0 Å². The van der Waals surface area contributed by atoms with Gasteiger partial charge in [-0.25, -0.2) is 0 Å². The van der Waals surface area contributed by atoms with Gasteiger partial charge in [-0.05, 0) is 53.6 Å². The van der Waals surface area contributed by atoms with E-state index >= 15 is 0 Å². The summed E-state index contributed by atoms with van der Waals surface area (Å²) in [6, 6.07) is 18.2. The molecule has 0 radical (unpaired) electrons. The minimum Gasteiger partial charge on any atom is -0.310 e. The summed E-state index contributed by atoms with van der Waals surface area (Å²) in [5, 5.41) is 3.69. The Labute approximate surface area is 122 Å². The first-order valence-corrected chi connectivity index (χ1v) is 7.65. The lowest BCUT2D eigenvalue weighted by atomic mass is 9.87. The minimum atomic E-state index is 0.516. The highest BCUT2D eigenvalue weighted by Crippen LogP contribution is 2.31. The van der Waals surface area contributed by atoms with Crippen molar-refractivity contribution in [3.8, 4) is 11.1 Å². The van der Waals surface area contributed by atoms with Crippen molar-refractivity contribution < 1.29 is 0 Å². The largest absolute Gasteiger partial charge is 0.310 e. The predicted octanol–water partition coefficient (Wildman–Crippen LogP) is 4.59. The molecule has 1 unspecified atom stereocenters. The summed E-state index contributed by atoms with van der Waals surface area (Å²) in [7, 11) is 0. The third-order valence-electron chi connectivity index (χ3n) is 4.12. The van der Waals surface area contributed by atoms with E-state index in [1.165, 1.54) is 28.7 Å². The van der Waals surface area contributed by atoms with Crippen molar-refractivity contribution in [2.24, 2.45) is 5.92 Å². The van der Waals surface area contributed by atoms with Crippen molar-refractivity contribution in [3.05, 3.63) is 59.7 Å². The molecule has 0 amide bonds. The maximum Gasteiger partial charge on any atom is 0.0325 e. The molecule has 0 fully saturated rings. The van der Waals surface area contributed by atoms with Crippen LogP contribution in [-0.4, -0.2) is 6.54 Å². The average Bonchev–Trinajstić information content (AvgIpc) is 2.47. The predicted molar refractivity (Wildman–Crippen MR) is 85.8 cm³/mol. The molecular formula is C19H23N. The van der Waals surface area contributed by atoms with Gasteiger partial charge in [-0.3, -0.25) is 0 Å². The second kappa shape index (κ2) is 5.80. The van der Waals surface area contributed by atoms with E-state index in [4.69, 9.17) is 0 Å². The van der Waals surface area contributed by atoms with Gasteiger partial charge in [0.05, 0.1) is 0 Å². The third kappa shape index (κ3) is 2.78. The number of nitrogens with one attached hydrogen (secondary N) is 1. The zero-order valence-electron chi connectivity index (χ0n) is 12.4. The first-order chi connectivity index (χ1) is 9.74. The molecule has 1 aliphatic rings. The normalized spacial score (nSPS) is 18.1. The molecule has 2 aromatic carbocycles. The highest BCUT2D eigenvalue weighted by Gasteiger charge is 2.20. The monoisotopic (exact) mass is 265 g/mol. The second-order valence-corrected chi connectivity index (χ2v) is 6.17. The number of hydrogen-bond donors (Lipinski definition) is 1. The first kappa shape index (κ1) is 13.4. The molecule has 1 heteroatoms. The number of benzene rings is 2. The van der Waals surface area contributed by atoms with Gasteiger partial charge in [-0.1, -0.05) is 56.3 Å². The highest BCUT2D eigenvalue weighted by atomic mass is 14.9. The van der Waals surface area contributed by atoms with Crippen LogP contribution in [0.15, 0.2) is 48.5 Å². The van der Waals surface area contributed by atoms with Crippen LogP contribution in [0.5, 0.6) is 0 Å². The van der Waals surface area contributed by atoms with Gasteiger partial charge >= 0.3 is 0 Å². The van der Waals surface area contributed by atoms with E-state index < -0.39 is 0 Å². The van der Waals surface area contributed by atoms with Gasteiger partial charge in [0, 0.05) is 6.04 Å². The number of hydrogen-bond acceptors (Lipinski definition) is 1. The smallest absolute Gasteiger partial charge is 0.0325 e. The molecule has 0 spiro atoms. The van der Waals surface area contributed by atoms with Crippen LogP contribution in [0.25, 0.3) is 11.1 Å². The molecular weight excluding hydrogens is 242 g/mol. The maximum atomic E-state index is 3.69. The first-order valence-electron chi connectivity index (χ1n) is 7.65. The number of fused-ring (bicyclic) bond motifs is 1. The molecule has 0 saturated carbocycles. The van der Waals surface area contributed by atoms with Crippen molar-refractivity contribution >= 4 is 0 Å². The van der Waals surface area contributed by atoms with Gasteiger partial charge in [0.2, 0.25) is 0 Å². The lowest BCUT2D eigenvalue weighted by Gasteiger charge is -2.29. The molecule has 1 aliphatic heterocycles. The van der Waals surface area contributed by atoms with Crippen molar-refractivity contribution in [3.63, 3.8) is 0 Å². The minimum absolute atomic E-state index is 0.516. The van der Waals surface area contributed by atoms with Crippen molar-refractivity contribution in [1.29, 1.82) is 0 Å². The van der Waals surface area contributed by atoms with E-state index in [1.54, 1.807) is 0 Å². The molecule has 1 N–H and O–H groups in total. The Bertz CT molecular complexity index is 572. The standard InChI is InChI=1S/C19H23N/c1-14(2)12-19-18-13-17(15-6-4-3-5-7-15)9-8-16(18)10-11-20-19/h3-9,13-14,19-20H,10-12H2,1-2H3. The fourth-order valence-electron chi connectivity index (χ4n) is 3.13. The third-order valence-corrected chi connectivity index (χ3v) is 4.12. The van der Waals surface area contributed by atoms with Gasteiger partial charge in [0.15, 0.2) is 0 Å². The second-order valence-electron chi connectivity index (χ2n) is 6.17. The van der Waals surface area contributed by atoms with Crippen LogP contribution in [-0.2, 0) is 6.42 Å². The molecule has 20 heavy (non-hydrogen) atoms. The Morgan fingerprint density at radius 1 is 1.05 bits per heavy atom. The van der Waals surface area contributed by atoms with Gasteiger partial charge in [-0.15, -0.1) is 0 Å². The average molecular weight is 265 g/mol. The Balaban J connectivity index is 1.97. The fourth-order valence-corrected chi connectivity index (χ4v) is 3.13. The summed E-state index contributed by atoms with van der Waals surface area (Å²) in [6.45, 7) is 5.71. The van der Waals surface area contributed by atoms with E-state index in [0.29, 0.717) is 6.04 Å². The summed E-state index contributed by atoms with van der Waals surface area (Å²) >= 11 is 0. The van der Waals surface area contributed by atoms with Crippen LogP contribution in [0.2, 0.25) is 0 Å². The zero-order valence-corrected chi connectivity index (χ0v) is 12.4. The van der Waals surface area contributed by atoms with E-state index in [1.807, 2.05) is 0 Å². The molecule has 0 aliphatic carbocycles. The molecule has 1 nitrogen and oxygen atoms in total. The van der Waals surface area contributed by atoms with Crippen LogP contribution in [0.4, 0.5) is 0 Å². The molecule has 2 aromatic rings. The Morgan fingerprint density at radius 2 is 1.85 bits per heavy atom. The van der Waals surface area contributed by atoms with Crippen molar-refractivity contribution in [2.75, 3.05) is 6.54 Å². The highest BCUT2D eigenvalue weighted by molar-refractivity contribution is 5.65. The quantitative estimate of drug-likeness (QED) is 0.856. The molecule has 1 heterocycles. The van der Waals surface area contributed by atoms with E-state index in [2.05, 4.69) is 67.7 Å². The van der Waals surface area contributed by atoms with Gasteiger partial charge < -0.3 is 5.32 Å². The summed E-state index contributed by atoms with van der Waals surface area (Å²) in [4.78, 5) is 0. The molecule has 104 valence electrons. The van der Waals surface area contributed by atoms with Crippen molar-refractivity contribution in [2.45, 2.75) is 32.7 Å². The molecule has 1 atom stereocenters. The van der Waals surface area contributed by atoms with Crippen LogP contribution in [0, 0.1) is 5.92 Å². The summed E-state index contributed by atoms with van der Waals surface area (Å²) in [5.74, 6) is 0.721. The topological polar surface area (TPSA) is 12.0 Å². The molecule has 3 rings (SSSR count). The molecule has 0 bridgehead atoms.